The Balaban J connectivity index is 2.03. The summed E-state index contributed by atoms with van der Waals surface area (Å²) in [5, 5.41) is 9.78. The van der Waals surface area contributed by atoms with Gasteiger partial charge in [0, 0.05) is 19.7 Å². The summed E-state index contributed by atoms with van der Waals surface area (Å²) in [6.07, 6.45) is -0.853. The van der Waals surface area contributed by atoms with Crippen molar-refractivity contribution in [2.75, 3.05) is 13.6 Å². The molecule has 1 unspecified atom stereocenters. The van der Waals surface area contributed by atoms with Crippen LogP contribution in [0.1, 0.15) is 24.0 Å². The van der Waals surface area contributed by atoms with Crippen molar-refractivity contribution in [3.8, 4) is 0 Å². The Kier molecular flexibility index (Phi) is 4.90. The molecule has 1 amide bonds. The summed E-state index contributed by atoms with van der Waals surface area (Å²) in [7, 11) is 1.52. The number of benzene rings is 1. The number of aliphatic hydroxyl groups is 1. The zero-order valence-corrected chi connectivity index (χ0v) is 12.2. The van der Waals surface area contributed by atoms with Gasteiger partial charge in [-0.25, -0.2) is 0 Å². The molecular weight excluding hydrogens is 295 g/mol. The normalized spacial score (nSPS) is 16.8. The lowest BCUT2D eigenvalue weighted by Gasteiger charge is -2.19. The fourth-order valence-corrected chi connectivity index (χ4v) is 2.19. The van der Waals surface area contributed by atoms with Gasteiger partial charge in [-0.3, -0.25) is 4.79 Å². The number of hydrogen-bond acceptors (Lipinski definition) is 2. The molecule has 2 rings (SSSR count). The molecule has 1 aromatic rings. The standard InChI is InChI=1S/C16H18F3NO2/c1-20(10-14(21)12-6-7-12)15(22)9-8-11-4-2-3-5-13(11)16(17,18)19/h2-5,8-9,12,14,21H,6-7,10H2,1H3/b9-8+. The molecule has 1 saturated carbocycles. The molecule has 120 valence electrons. The second kappa shape index (κ2) is 6.52. The topological polar surface area (TPSA) is 40.5 Å². The Morgan fingerprint density at radius 1 is 1.41 bits per heavy atom. The second-order valence-electron chi connectivity index (χ2n) is 5.54. The highest BCUT2D eigenvalue weighted by Crippen LogP contribution is 2.33. The summed E-state index contributed by atoms with van der Waals surface area (Å²) in [4.78, 5) is 13.2. The van der Waals surface area contributed by atoms with E-state index in [9.17, 15) is 23.1 Å². The molecule has 3 nitrogen and oxygen atoms in total. The molecule has 0 spiro atoms. The number of rotatable bonds is 5. The van der Waals surface area contributed by atoms with E-state index in [-0.39, 0.29) is 18.0 Å². The predicted molar refractivity (Wildman–Crippen MR) is 76.8 cm³/mol. The maximum absolute atomic E-state index is 12.8. The minimum Gasteiger partial charge on any atom is -0.391 e. The zero-order chi connectivity index (χ0) is 16.3. The number of nitrogens with zero attached hydrogens (tertiary/aromatic N) is 1. The van der Waals surface area contributed by atoms with E-state index >= 15 is 0 Å². The van der Waals surface area contributed by atoms with Crippen LogP contribution >= 0.6 is 0 Å². The number of alkyl halides is 3. The van der Waals surface area contributed by atoms with E-state index < -0.39 is 23.8 Å². The van der Waals surface area contributed by atoms with Crippen molar-refractivity contribution in [1.29, 1.82) is 0 Å². The van der Waals surface area contributed by atoms with Crippen molar-refractivity contribution in [2.24, 2.45) is 5.92 Å². The fraction of sp³-hybridized carbons (Fsp3) is 0.438. The SMILES string of the molecule is CN(CC(O)C1CC1)C(=O)/C=C/c1ccccc1C(F)(F)F. The third-order valence-electron chi connectivity index (χ3n) is 3.67. The van der Waals surface area contributed by atoms with E-state index in [1.165, 1.54) is 30.1 Å². The van der Waals surface area contributed by atoms with E-state index in [4.69, 9.17) is 0 Å². The minimum absolute atomic E-state index is 0.0560. The van der Waals surface area contributed by atoms with Crippen molar-refractivity contribution in [3.05, 3.63) is 41.5 Å². The Hall–Kier alpha value is -1.82. The van der Waals surface area contributed by atoms with Gasteiger partial charge in [0.2, 0.25) is 5.91 Å². The molecule has 0 bridgehead atoms. The van der Waals surface area contributed by atoms with Gasteiger partial charge in [0.15, 0.2) is 0 Å². The van der Waals surface area contributed by atoms with Crippen LogP contribution in [0.25, 0.3) is 6.08 Å². The average Bonchev–Trinajstić information content (AvgIpc) is 3.28. The van der Waals surface area contributed by atoms with Crippen LogP contribution in [0.5, 0.6) is 0 Å². The Labute approximate surface area is 127 Å². The minimum atomic E-state index is -4.46. The maximum Gasteiger partial charge on any atom is 0.416 e. The first-order chi connectivity index (χ1) is 10.3. The molecule has 0 aromatic heterocycles. The highest BCUT2D eigenvalue weighted by Gasteiger charge is 2.32. The average molecular weight is 313 g/mol. The highest BCUT2D eigenvalue weighted by molar-refractivity contribution is 5.91. The van der Waals surface area contributed by atoms with Crippen LogP contribution in [0.3, 0.4) is 0 Å². The molecule has 1 atom stereocenters. The highest BCUT2D eigenvalue weighted by atomic mass is 19.4. The summed E-state index contributed by atoms with van der Waals surface area (Å²) >= 11 is 0. The van der Waals surface area contributed by atoms with E-state index in [0.717, 1.165) is 31.1 Å². The Morgan fingerprint density at radius 3 is 2.64 bits per heavy atom. The van der Waals surface area contributed by atoms with Crippen molar-refractivity contribution < 1.29 is 23.1 Å². The number of hydrogen-bond donors (Lipinski definition) is 1. The number of amides is 1. The smallest absolute Gasteiger partial charge is 0.391 e. The number of carbonyl (C=O) groups excluding carboxylic acids is 1. The Morgan fingerprint density at radius 2 is 2.05 bits per heavy atom. The van der Waals surface area contributed by atoms with E-state index in [1.54, 1.807) is 0 Å². The largest absolute Gasteiger partial charge is 0.416 e. The van der Waals surface area contributed by atoms with Gasteiger partial charge >= 0.3 is 6.18 Å². The lowest BCUT2D eigenvalue weighted by atomic mass is 10.1. The molecular formula is C16H18F3NO2. The summed E-state index contributed by atoms with van der Waals surface area (Å²) < 4.78 is 38.5. The second-order valence-corrected chi connectivity index (χ2v) is 5.54. The van der Waals surface area contributed by atoms with Crippen molar-refractivity contribution in [3.63, 3.8) is 0 Å². The van der Waals surface area contributed by atoms with Gasteiger partial charge in [-0.05, 0) is 36.5 Å². The molecule has 1 aromatic carbocycles. The van der Waals surface area contributed by atoms with Crippen LogP contribution in [-0.4, -0.2) is 35.6 Å². The van der Waals surface area contributed by atoms with Gasteiger partial charge in [-0.15, -0.1) is 0 Å². The number of halogens is 3. The van der Waals surface area contributed by atoms with Crippen molar-refractivity contribution in [1.82, 2.24) is 4.90 Å². The van der Waals surface area contributed by atoms with E-state index in [2.05, 4.69) is 0 Å². The van der Waals surface area contributed by atoms with Crippen LogP contribution in [0, 0.1) is 5.92 Å². The lowest BCUT2D eigenvalue weighted by molar-refractivity contribution is -0.137. The van der Waals surface area contributed by atoms with Crippen LogP contribution in [0.2, 0.25) is 0 Å². The number of aliphatic hydroxyl groups excluding tert-OH is 1. The number of likely N-dealkylation sites (N-methyl/N-ethyl adjacent to an activating group) is 1. The summed E-state index contributed by atoms with van der Waals surface area (Å²) in [5.41, 5.74) is -0.834. The first kappa shape index (κ1) is 16.5. The zero-order valence-electron chi connectivity index (χ0n) is 12.2. The molecule has 22 heavy (non-hydrogen) atoms. The number of carbonyl (C=O) groups is 1. The molecule has 6 heteroatoms. The van der Waals surface area contributed by atoms with Gasteiger partial charge in [0.25, 0.3) is 0 Å². The summed E-state index contributed by atoms with van der Waals surface area (Å²) in [6.45, 7) is 0.189. The van der Waals surface area contributed by atoms with Gasteiger partial charge in [0.1, 0.15) is 0 Å². The molecule has 1 N–H and O–H groups in total. The van der Waals surface area contributed by atoms with Crippen LogP contribution in [0.15, 0.2) is 30.3 Å². The first-order valence-electron chi connectivity index (χ1n) is 7.06. The molecule has 1 aliphatic carbocycles. The van der Waals surface area contributed by atoms with E-state index in [1.807, 2.05) is 0 Å². The van der Waals surface area contributed by atoms with Crippen LogP contribution < -0.4 is 0 Å². The molecule has 0 aliphatic heterocycles. The van der Waals surface area contributed by atoms with Crippen molar-refractivity contribution in [2.45, 2.75) is 25.1 Å². The van der Waals surface area contributed by atoms with Gasteiger partial charge in [0.05, 0.1) is 11.7 Å². The molecule has 0 saturated heterocycles. The third kappa shape index (κ3) is 4.34. The summed E-state index contributed by atoms with van der Waals surface area (Å²) in [6, 6.07) is 5.08. The maximum atomic E-state index is 12.8. The van der Waals surface area contributed by atoms with Crippen molar-refractivity contribution >= 4 is 12.0 Å². The van der Waals surface area contributed by atoms with Gasteiger partial charge in [-0.2, -0.15) is 13.2 Å². The van der Waals surface area contributed by atoms with Crippen LogP contribution in [0.4, 0.5) is 13.2 Å². The molecule has 0 radical (unpaired) electrons. The predicted octanol–water partition coefficient (Wildman–Crippen LogP) is 2.95. The monoisotopic (exact) mass is 313 g/mol. The fourth-order valence-electron chi connectivity index (χ4n) is 2.19. The lowest BCUT2D eigenvalue weighted by Crippen LogP contribution is -2.34. The molecule has 1 fully saturated rings. The quantitative estimate of drug-likeness (QED) is 0.849. The van der Waals surface area contributed by atoms with Gasteiger partial charge < -0.3 is 10.0 Å². The van der Waals surface area contributed by atoms with E-state index in [0.29, 0.717) is 0 Å². The first-order valence-corrected chi connectivity index (χ1v) is 7.06. The van der Waals surface area contributed by atoms with Crippen LogP contribution in [-0.2, 0) is 11.0 Å². The molecule has 1 aliphatic rings. The summed E-state index contributed by atoms with van der Waals surface area (Å²) in [5.74, 6) is -0.193. The molecule has 0 heterocycles. The third-order valence-corrected chi connectivity index (χ3v) is 3.67. The Bertz CT molecular complexity index is 565. The van der Waals surface area contributed by atoms with Gasteiger partial charge in [-0.1, -0.05) is 18.2 Å².